The highest BCUT2D eigenvalue weighted by molar-refractivity contribution is 7.09. The third-order valence-electron chi connectivity index (χ3n) is 7.11. The summed E-state index contributed by atoms with van der Waals surface area (Å²) in [6, 6.07) is 0. The van der Waals surface area contributed by atoms with Crippen LogP contribution in [-0.4, -0.2) is 22.8 Å². The minimum atomic E-state index is -0.309. The molecule has 2 heterocycles. The number of nitrogens with zero attached hydrogens (tertiary/aromatic N) is 1. The largest absolute Gasteiger partial charge is 0.457 e. The van der Waals surface area contributed by atoms with E-state index in [2.05, 4.69) is 38.8 Å². The van der Waals surface area contributed by atoms with Gasteiger partial charge in [0.25, 0.3) is 0 Å². The minimum absolute atomic E-state index is 0. The molecular weight excluding hydrogens is 430 g/mol. The van der Waals surface area contributed by atoms with Gasteiger partial charge in [0.15, 0.2) is 0 Å². The van der Waals surface area contributed by atoms with Gasteiger partial charge in [0.1, 0.15) is 11.9 Å². The predicted octanol–water partition coefficient (Wildman–Crippen LogP) is 8.06. The number of aryl methyl sites for hydroxylation is 1. The van der Waals surface area contributed by atoms with E-state index in [1.165, 1.54) is 5.57 Å². The molecular formula is C28H47NO3S. The van der Waals surface area contributed by atoms with Crippen molar-refractivity contribution in [2.24, 2.45) is 23.7 Å². The number of hydrogen-bond donors (Lipinski definition) is 0. The van der Waals surface area contributed by atoms with Gasteiger partial charge in [-0.15, -0.1) is 11.3 Å². The standard InChI is InChI=1S/C27H41NO3S.CH4.H2/c1-17-9-8-10-18(2)21(5)22(6)27(30)19(3)12-14-26(29)31-25(13-11-17)20(4)15-24-16-32-23(7)28-24;;/h11,15-16,18-19,21-22,25H,8-10,12-14H2,1-7H3;1H4;1H/b17-11-,20-15+;;/t18-,19+,21-,22+,25?;;/m0../s1. The average molecular weight is 478 g/mol. The molecule has 0 aromatic carbocycles. The minimum Gasteiger partial charge on any atom is -0.457 e. The number of ketones is 1. The van der Waals surface area contributed by atoms with Crippen LogP contribution in [0.1, 0.15) is 99.6 Å². The lowest BCUT2D eigenvalue weighted by Crippen LogP contribution is -2.29. The number of cyclic esters (lactones) is 1. The maximum Gasteiger partial charge on any atom is 0.306 e. The third-order valence-corrected chi connectivity index (χ3v) is 7.90. The van der Waals surface area contributed by atoms with E-state index in [0.29, 0.717) is 24.7 Å². The second-order valence-corrected chi connectivity index (χ2v) is 10.9. The molecule has 5 heteroatoms. The predicted molar refractivity (Wildman–Crippen MR) is 142 cm³/mol. The van der Waals surface area contributed by atoms with Gasteiger partial charge >= 0.3 is 5.97 Å². The molecule has 0 N–H and O–H groups in total. The lowest BCUT2D eigenvalue weighted by Gasteiger charge is -2.27. The smallest absolute Gasteiger partial charge is 0.306 e. The molecule has 5 atom stereocenters. The Labute approximate surface area is 207 Å². The average Bonchev–Trinajstić information content (AvgIpc) is 3.16. The van der Waals surface area contributed by atoms with E-state index >= 15 is 0 Å². The Bertz CT molecular complexity index is 844. The molecule has 4 nitrogen and oxygen atoms in total. The maximum absolute atomic E-state index is 13.0. The zero-order chi connectivity index (χ0) is 23.8. The van der Waals surface area contributed by atoms with Gasteiger partial charge in [-0.2, -0.15) is 0 Å². The summed E-state index contributed by atoms with van der Waals surface area (Å²) in [6.45, 7) is 14.6. The highest BCUT2D eigenvalue weighted by Gasteiger charge is 2.28. The fourth-order valence-corrected chi connectivity index (χ4v) is 4.94. The van der Waals surface area contributed by atoms with Crippen LogP contribution in [0, 0.1) is 30.6 Å². The Morgan fingerprint density at radius 3 is 2.48 bits per heavy atom. The molecule has 33 heavy (non-hydrogen) atoms. The molecule has 188 valence electrons. The number of hydrogen-bond acceptors (Lipinski definition) is 5. The Morgan fingerprint density at radius 2 is 1.85 bits per heavy atom. The van der Waals surface area contributed by atoms with Crippen LogP contribution in [-0.2, 0) is 14.3 Å². The van der Waals surface area contributed by atoms with Gasteiger partial charge in [0.05, 0.1) is 10.7 Å². The van der Waals surface area contributed by atoms with Crippen molar-refractivity contribution in [1.29, 1.82) is 0 Å². The van der Waals surface area contributed by atoms with E-state index in [1.807, 2.05) is 32.2 Å². The summed E-state index contributed by atoms with van der Waals surface area (Å²) in [6.07, 6.45) is 8.67. The van der Waals surface area contributed by atoms with Crippen molar-refractivity contribution in [2.45, 2.75) is 101 Å². The first-order chi connectivity index (χ1) is 15.1. The molecule has 1 aliphatic rings. The molecule has 1 aliphatic heterocycles. The van der Waals surface area contributed by atoms with Crippen LogP contribution in [0.25, 0.3) is 6.08 Å². The van der Waals surface area contributed by atoms with Crippen LogP contribution >= 0.6 is 11.3 Å². The normalized spacial score (nSPS) is 30.7. The molecule has 0 fully saturated rings. The SMILES string of the molecule is C.C/C1=C/CC(/C(C)=C/c2csc(C)n2)OC(=O)CC[C@@H](C)C(=O)[C@H](C)[C@@H](C)[C@@H](C)CCC1.[HH]. The molecule has 0 amide bonds. The third kappa shape index (κ3) is 9.19. The van der Waals surface area contributed by atoms with Crippen LogP contribution in [0.2, 0.25) is 0 Å². The summed E-state index contributed by atoms with van der Waals surface area (Å²) in [5.74, 6) is 0.776. The number of Topliss-reactive ketones (excluding diaryl/α,β-unsaturated/α-hetero) is 1. The lowest BCUT2D eigenvalue weighted by atomic mass is 9.77. The van der Waals surface area contributed by atoms with Crippen LogP contribution in [0.4, 0.5) is 0 Å². The number of esters is 1. The summed E-state index contributed by atoms with van der Waals surface area (Å²) in [7, 11) is 0. The van der Waals surface area contributed by atoms with Gasteiger partial charge < -0.3 is 4.74 Å². The molecule has 0 aliphatic carbocycles. The van der Waals surface area contributed by atoms with E-state index in [0.717, 1.165) is 35.5 Å². The van der Waals surface area contributed by atoms with Crippen LogP contribution < -0.4 is 0 Å². The molecule has 0 bridgehead atoms. The summed E-state index contributed by atoms with van der Waals surface area (Å²) in [4.78, 5) is 30.1. The topological polar surface area (TPSA) is 56.3 Å². The van der Waals surface area contributed by atoms with E-state index in [1.54, 1.807) is 11.3 Å². The quantitative estimate of drug-likeness (QED) is 0.319. The number of carbonyl (C=O) groups excluding carboxylic acids is 2. The van der Waals surface area contributed by atoms with E-state index < -0.39 is 0 Å². The number of allylic oxidation sites excluding steroid dienone is 1. The van der Waals surface area contributed by atoms with Crippen molar-refractivity contribution in [3.63, 3.8) is 0 Å². The van der Waals surface area contributed by atoms with Crippen LogP contribution in [0.3, 0.4) is 0 Å². The highest BCUT2D eigenvalue weighted by Crippen LogP contribution is 2.29. The van der Waals surface area contributed by atoms with Crippen molar-refractivity contribution in [3.05, 3.63) is 33.3 Å². The summed E-state index contributed by atoms with van der Waals surface area (Å²) >= 11 is 1.61. The van der Waals surface area contributed by atoms with Crippen LogP contribution in [0.5, 0.6) is 0 Å². The monoisotopic (exact) mass is 477 g/mol. The Kier molecular flexibility index (Phi) is 12.3. The van der Waals surface area contributed by atoms with Crippen molar-refractivity contribution < 1.29 is 15.8 Å². The van der Waals surface area contributed by atoms with Crippen LogP contribution in [0.15, 0.2) is 22.6 Å². The van der Waals surface area contributed by atoms with E-state index in [4.69, 9.17) is 4.74 Å². The van der Waals surface area contributed by atoms with Gasteiger partial charge in [-0.25, -0.2) is 4.98 Å². The van der Waals surface area contributed by atoms with Gasteiger partial charge in [0, 0.05) is 31.5 Å². The molecule has 1 aromatic rings. The first-order valence-corrected chi connectivity index (χ1v) is 13.0. The fourth-order valence-electron chi connectivity index (χ4n) is 4.37. The first kappa shape index (κ1) is 29.3. The lowest BCUT2D eigenvalue weighted by molar-refractivity contribution is -0.147. The fraction of sp³-hybridized carbons (Fsp3) is 0.679. The Morgan fingerprint density at radius 1 is 1.15 bits per heavy atom. The van der Waals surface area contributed by atoms with Gasteiger partial charge in [-0.1, -0.05) is 53.2 Å². The molecule has 0 spiro atoms. The van der Waals surface area contributed by atoms with Gasteiger partial charge in [-0.05, 0) is 63.5 Å². The maximum atomic E-state index is 13.0. The molecule has 1 aromatic heterocycles. The Balaban J connectivity index is 0.00000544. The van der Waals surface area contributed by atoms with Crippen molar-refractivity contribution in [3.8, 4) is 0 Å². The summed E-state index contributed by atoms with van der Waals surface area (Å²) < 4.78 is 5.90. The summed E-state index contributed by atoms with van der Waals surface area (Å²) in [5, 5.41) is 3.04. The first-order valence-electron chi connectivity index (χ1n) is 12.1. The van der Waals surface area contributed by atoms with Gasteiger partial charge in [-0.3, -0.25) is 9.59 Å². The number of ether oxygens (including phenoxy) is 1. The number of thiazole rings is 1. The molecule has 0 radical (unpaired) electrons. The zero-order valence-electron chi connectivity index (χ0n) is 20.9. The van der Waals surface area contributed by atoms with Crippen molar-refractivity contribution >= 4 is 29.2 Å². The van der Waals surface area contributed by atoms with E-state index in [9.17, 15) is 9.59 Å². The highest BCUT2D eigenvalue weighted by atomic mass is 32.1. The molecule has 0 saturated heterocycles. The van der Waals surface area contributed by atoms with Gasteiger partial charge in [0.2, 0.25) is 0 Å². The van der Waals surface area contributed by atoms with E-state index in [-0.39, 0.29) is 45.0 Å². The van der Waals surface area contributed by atoms with Crippen molar-refractivity contribution in [1.82, 2.24) is 4.98 Å². The molecule has 2 rings (SSSR count). The second kappa shape index (κ2) is 13.8. The Hall–Kier alpha value is -1.75. The number of carbonyl (C=O) groups is 2. The molecule has 0 saturated carbocycles. The number of rotatable bonds is 2. The molecule has 1 unspecified atom stereocenters. The van der Waals surface area contributed by atoms with Crippen molar-refractivity contribution in [2.75, 3.05) is 0 Å². The zero-order valence-corrected chi connectivity index (χ0v) is 21.8. The number of aromatic nitrogens is 1. The summed E-state index contributed by atoms with van der Waals surface area (Å²) in [5.41, 5.74) is 3.23. The second-order valence-electron chi connectivity index (χ2n) is 9.80.